The van der Waals surface area contributed by atoms with Crippen LogP contribution in [0.15, 0.2) is 30.3 Å². The predicted molar refractivity (Wildman–Crippen MR) is 74.5 cm³/mol. The Morgan fingerprint density at radius 1 is 1.11 bits per heavy atom. The lowest BCUT2D eigenvalue weighted by Crippen LogP contribution is -2.29. The van der Waals surface area contributed by atoms with E-state index in [1.165, 1.54) is 24.8 Å². The summed E-state index contributed by atoms with van der Waals surface area (Å²) in [5.74, 6) is 4.01. The molecule has 0 spiro atoms. The molecule has 3 aliphatic rings. The van der Waals surface area contributed by atoms with Crippen molar-refractivity contribution in [1.82, 2.24) is 5.32 Å². The summed E-state index contributed by atoms with van der Waals surface area (Å²) >= 11 is 0. The molecule has 3 fully saturated rings. The van der Waals surface area contributed by atoms with Crippen molar-refractivity contribution in [2.75, 3.05) is 6.54 Å². The minimum absolute atomic E-state index is 0.336. The van der Waals surface area contributed by atoms with Gasteiger partial charge in [0.05, 0.1) is 0 Å². The number of benzene rings is 1. The average Bonchev–Trinajstić information content (AvgIpc) is 2.89. The maximum absolute atomic E-state index is 12.2. The SMILES string of the molecule is O=C(NCCc1ccccc1)C1[C@@H]2[C@H]3CC[C@H](C3)[C@H]12. The van der Waals surface area contributed by atoms with E-state index in [1.54, 1.807) is 0 Å². The molecule has 0 saturated heterocycles. The van der Waals surface area contributed by atoms with E-state index in [0.29, 0.717) is 11.8 Å². The minimum atomic E-state index is 0.336. The fourth-order valence-electron chi connectivity index (χ4n) is 4.77. The summed E-state index contributed by atoms with van der Waals surface area (Å²) in [6.07, 6.45) is 5.14. The van der Waals surface area contributed by atoms with Gasteiger partial charge in [0.1, 0.15) is 0 Å². The van der Waals surface area contributed by atoms with E-state index in [-0.39, 0.29) is 0 Å². The second-order valence-electron chi connectivity index (χ2n) is 6.54. The third-order valence-electron chi connectivity index (χ3n) is 5.59. The van der Waals surface area contributed by atoms with Gasteiger partial charge in [0.25, 0.3) is 0 Å². The fourth-order valence-corrected chi connectivity index (χ4v) is 4.77. The first-order valence-corrected chi connectivity index (χ1v) is 7.66. The highest BCUT2D eigenvalue weighted by molar-refractivity contribution is 5.82. The molecule has 1 N–H and O–H groups in total. The van der Waals surface area contributed by atoms with Crippen LogP contribution in [0.1, 0.15) is 24.8 Å². The van der Waals surface area contributed by atoms with Gasteiger partial charge in [0.2, 0.25) is 5.91 Å². The van der Waals surface area contributed by atoms with Crippen molar-refractivity contribution >= 4 is 5.91 Å². The lowest BCUT2D eigenvalue weighted by Gasteiger charge is -2.09. The van der Waals surface area contributed by atoms with Crippen molar-refractivity contribution < 1.29 is 4.79 Å². The van der Waals surface area contributed by atoms with Crippen LogP contribution in [0.25, 0.3) is 0 Å². The predicted octanol–water partition coefficient (Wildman–Crippen LogP) is 2.64. The van der Waals surface area contributed by atoms with Gasteiger partial charge in [-0.15, -0.1) is 0 Å². The van der Waals surface area contributed by atoms with E-state index < -0.39 is 0 Å². The first-order valence-electron chi connectivity index (χ1n) is 7.66. The first-order chi connectivity index (χ1) is 9.34. The third kappa shape index (κ3) is 1.89. The molecule has 1 aromatic rings. The molecule has 2 nitrogen and oxygen atoms in total. The van der Waals surface area contributed by atoms with Gasteiger partial charge in [0, 0.05) is 12.5 Å². The number of amides is 1. The number of carbonyl (C=O) groups excluding carboxylic acids is 1. The van der Waals surface area contributed by atoms with Crippen molar-refractivity contribution in [2.24, 2.45) is 29.6 Å². The number of carbonyl (C=O) groups is 1. The zero-order valence-electron chi connectivity index (χ0n) is 11.2. The minimum Gasteiger partial charge on any atom is -0.356 e. The molecule has 5 atom stereocenters. The Morgan fingerprint density at radius 2 is 1.79 bits per heavy atom. The highest BCUT2D eigenvalue weighted by Crippen LogP contribution is 2.69. The van der Waals surface area contributed by atoms with Crippen molar-refractivity contribution in [3.05, 3.63) is 35.9 Å². The summed E-state index contributed by atoms with van der Waals surface area (Å²) in [5, 5.41) is 3.15. The van der Waals surface area contributed by atoms with Crippen LogP contribution in [0.2, 0.25) is 0 Å². The second-order valence-corrected chi connectivity index (χ2v) is 6.54. The molecule has 4 rings (SSSR count). The standard InChI is InChI=1S/C17H21NO/c19-17(18-9-8-11-4-2-1-3-5-11)16-14-12-6-7-13(10-12)15(14)16/h1-5,12-16H,6-10H2,(H,18,19)/t12-,13+,14+,15-,16?. The normalized spacial score (nSPS) is 38.0. The Kier molecular flexibility index (Phi) is 2.64. The molecule has 3 aliphatic carbocycles. The van der Waals surface area contributed by atoms with Gasteiger partial charge in [-0.2, -0.15) is 0 Å². The summed E-state index contributed by atoms with van der Waals surface area (Å²) < 4.78 is 0. The molecule has 1 unspecified atom stereocenters. The molecule has 2 bridgehead atoms. The monoisotopic (exact) mass is 255 g/mol. The van der Waals surface area contributed by atoms with Crippen LogP contribution in [0, 0.1) is 29.6 Å². The molecule has 0 radical (unpaired) electrons. The molecule has 1 aromatic carbocycles. The van der Waals surface area contributed by atoms with Gasteiger partial charge >= 0.3 is 0 Å². The number of rotatable bonds is 4. The Labute approximate surface area is 114 Å². The number of hydrogen-bond acceptors (Lipinski definition) is 1. The summed E-state index contributed by atoms with van der Waals surface area (Å²) in [5.41, 5.74) is 1.30. The quantitative estimate of drug-likeness (QED) is 0.880. The topological polar surface area (TPSA) is 29.1 Å². The molecule has 2 heteroatoms. The largest absolute Gasteiger partial charge is 0.356 e. The van der Waals surface area contributed by atoms with Gasteiger partial charge in [-0.05, 0) is 54.9 Å². The third-order valence-corrected chi connectivity index (χ3v) is 5.59. The van der Waals surface area contributed by atoms with Crippen molar-refractivity contribution in [2.45, 2.75) is 25.7 Å². The molecule has 0 aliphatic heterocycles. The summed E-state index contributed by atoms with van der Waals surface area (Å²) in [6, 6.07) is 10.4. The molecule has 1 amide bonds. The highest BCUT2D eigenvalue weighted by atomic mass is 16.2. The van der Waals surface area contributed by atoms with E-state index in [2.05, 4.69) is 29.6 Å². The van der Waals surface area contributed by atoms with Crippen molar-refractivity contribution in [1.29, 1.82) is 0 Å². The van der Waals surface area contributed by atoms with Gasteiger partial charge in [-0.1, -0.05) is 30.3 Å². The highest BCUT2D eigenvalue weighted by Gasteiger charge is 2.67. The number of hydrogen-bond donors (Lipinski definition) is 1. The van der Waals surface area contributed by atoms with Gasteiger partial charge in [-0.25, -0.2) is 0 Å². The number of fused-ring (bicyclic) bond motifs is 5. The Balaban J connectivity index is 1.27. The molecule has 0 heterocycles. The Hall–Kier alpha value is -1.31. The van der Waals surface area contributed by atoms with Crippen LogP contribution in [-0.2, 0) is 11.2 Å². The first kappa shape index (κ1) is 11.5. The average molecular weight is 255 g/mol. The van der Waals surface area contributed by atoms with Crippen molar-refractivity contribution in [3.8, 4) is 0 Å². The molecule has 100 valence electrons. The van der Waals surface area contributed by atoms with Crippen LogP contribution < -0.4 is 5.32 Å². The summed E-state index contributed by atoms with van der Waals surface area (Å²) in [6.45, 7) is 0.786. The van der Waals surface area contributed by atoms with E-state index >= 15 is 0 Å². The maximum atomic E-state index is 12.2. The van der Waals surface area contributed by atoms with Crippen LogP contribution >= 0.6 is 0 Å². The molecular formula is C17H21NO. The van der Waals surface area contributed by atoms with Crippen LogP contribution in [0.5, 0.6) is 0 Å². The van der Waals surface area contributed by atoms with Gasteiger partial charge in [0.15, 0.2) is 0 Å². The Morgan fingerprint density at radius 3 is 2.47 bits per heavy atom. The van der Waals surface area contributed by atoms with E-state index in [0.717, 1.165) is 36.6 Å². The molecular weight excluding hydrogens is 234 g/mol. The lowest BCUT2D eigenvalue weighted by molar-refractivity contribution is -0.123. The molecule has 19 heavy (non-hydrogen) atoms. The smallest absolute Gasteiger partial charge is 0.223 e. The van der Waals surface area contributed by atoms with Gasteiger partial charge in [-0.3, -0.25) is 4.79 Å². The van der Waals surface area contributed by atoms with Crippen LogP contribution in [-0.4, -0.2) is 12.5 Å². The van der Waals surface area contributed by atoms with Crippen molar-refractivity contribution in [3.63, 3.8) is 0 Å². The fraction of sp³-hybridized carbons (Fsp3) is 0.588. The van der Waals surface area contributed by atoms with E-state index in [4.69, 9.17) is 0 Å². The second kappa shape index (κ2) is 4.36. The lowest BCUT2D eigenvalue weighted by atomic mass is 10.0. The van der Waals surface area contributed by atoms with Gasteiger partial charge < -0.3 is 5.32 Å². The maximum Gasteiger partial charge on any atom is 0.223 e. The zero-order valence-corrected chi connectivity index (χ0v) is 11.2. The van der Waals surface area contributed by atoms with E-state index in [9.17, 15) is 4.79 Å². The van der Waals surface area contributed by atoms with E-state index in [1.807, 2.05) is 6.07 Å². The molecule has 3 saturated carbocycles. The Bertz CT molecular complexity index is 467. The summed E-state index contributed by atoms with van der Waals surface area (Å²) in [7, 11) is 0. The van der Waals surface area contributed by atoms with Crippen LogP contribution in [0.3, 0.4) is 0 Å². The number of nitrogens with one attached hydrogen (secondary N) is 1. The molecule has 0 aromatic heterocycles. The summed E-state index contributed by atoms with van der Waals surface area (Å²) in [4.78, 5) is 12.2. The zero-order chi connectivity index (χ0) is 12.8. The van der Waals surface area contributed by atoms with Crippen LogP contribution in [0.4, 0.5) is 0 Å².